The van der Waals surface area contributed by atoms with Crippen LogP contribution in [0.1, 0.15) is 44.8 Å². The van der Waals surface area contributed by atoms with Crippen LogP contribution in [0.2, 0.25) is 0 Å². The van der Waals surface area contributed by atoms with Gasteiger partial charge in [0.1, 0.15) is 0 Å². The number of H-pyrrole nitrogens is 1. The highest BCUT2D eigenvalue weighted by molar-refractivity contribution is 5.81. The van der Waals surface area contributed by atoms with E-state index < -0.39 is 0 Å². The van der Waals surface area contributed by atoms with Crippen molar-refractivity contribution in [2.24, 2.45) is 5.92 Å². The fourth-order valence-electron chi connectivity index (χ4n) is 3.13. The SMILES string of the molecule is CC(C)C(=O)N1CCCCC1c1cc2ccccc2[nH]1. The largest absolute Gasteiger partial charge is 0.357 e. The molecule has 1 saturated heterocycles. The van der Waals surface area contributed by atoms with Crippen molar-refractivity contribution < 1.29 is 4.79 Å². The molecule has 1 aliphatic heterocycles. The molecule has 1 N–H and O–H groups in total. The van der Waals surface area contributed by atoms with Gasteiger partial charge in [0.25, 0.3) is 0 Å². The Morgan fingerprint density at radius 1 is 1.30 bits per heavy atom. The number of hydrogen-bond donors (Lipinski definition) is 1. The third kappa shape index (κ3) is 2.33. The quantitative estimate of drug-likeness (QED) is 0.883. The van der Waals surface area contributed by atoms with Crippen LogP contribution in [0.3, 0.4) is 0 Å². The summed E-state index contributed by atoms with van der Waals surface area (Å²) in [5.74, 6) is 0.341. The van der Waals surface area contributed by atoms with E-state index in [0.29, 0.717) is 0 Å². The molecular weight excluding hydrogens is 248 g/mol. The van der Waals surface area contributed by atoms with Crippen LogP contribution >= 0.6 is 0 Å². The molecule has 3 heteroatoms. The van der Waals surface area contributed by atoms with Crippen LogP contribution in [-0.4, -0.2) is 22.3 Å². The van der Waals surface area contributed by atoms with Crippen LogP contribution in [0.25, 0.3) is 10.9 Å². The highest BCUT2D eigenvalue weighted by Gasteiger charge is 2.30. The number of fused-ring (bicyclic) bond motifs is 1. The zero-order chi connectivity index (χ0) is 14.1. The van der Waals surface area contributed by atoms with E-state index in [2.05, 4.69) is 34.1 Å². The second-order valence-electron chi connectivity index (χ2n) is 6.01. The lowest BCUT2D eigenvalue weighted by molar-refractivity contribution is -0.138. The summed E-state index contributed by atoms with van der Waals surface area (Å²) in [6.45, 7) is 4.86. The molecule has 1 aromatic heterocycles. The molecule has 2 heterocycles. The lowest BCUT2D eigenvalue weighted by atomic mass is 9.97. The van der Waals surface area contributed by atoms with Crippen molar-refractivity contribution >= 4 is 16.8 Å². The topological polar surface area (TPSA) is 36.1 Å². The van der Waals surface area contributed by atoms with E-state index in [9.17, 15) is 4.79 Å². The zero-order valence-electron chi connectivity index (χ0n) is 12.2. The van der Waals surface area contributed by atoms with Gasteiger partial charge in [-0.05, 0) is 36.8 Å². The maximum Gasteiger partial charge on any atom is 0.225 e. The average Bonchev–Trinajstić information content (AvgIpc) is 2.90. The molecule has 3 nitrogen and oxygen atoms in total. The Hall–Kier alpha value is -1.77. The Balaban J connectivity index is 1.94. The van der Waals surface area contributed by atoms with Crippen LogP contribution < -0.4 is 0 Å². The average molecular weight is 270 g/mol. The molecule has 1 aromatic carbocycles. The number of nitrogens with zero attached hydrogens (tertiary/aromatic N) is 1. The van der Waals surface area contributed by atoms with Gasteiger partial charge in [0.05, 0.1) is 6.04 Å². The van der Waals surface area contributed by atoms with Gasteiger partial charge in [0.15, 0.2) is 0 Å². The van der Waals surface area contributed by atoms with Crippen LogP contribution in [0.4, 0.5) is 0 Å². The molecule has 106 valence electrons. The van der Waals surface area contributed by atoms with E-state index in [-0.39, 0.29) is 17.9 Å². The number of rotatable bonds is 2. The number of amides is 1. The predicted octanol–water partition coefficient (Wildman–Crippen LogP) is 3.88. The maximum absolute atomic E-state index is 12.4. The molecule has 3 rings (SSSR count). The standard InChI is InChI=1S/C17H22N2O/c1-12(2)17(20)19-10-6-5-9-16(19)15-11-13-7-3-4-8-14(13)18-15/h3-4,7-8,11-12,16,18H,5-6,9-10H2,1-2H3. The molecule has 0 bridgehead atoms. The Kier molecular flexibility index (Phi) is 3.51. The third-order valence-electron chi connectivity index (χ3n) is 4.19. The molecule has 2 aromatic rings. The van der Waals surface area contributed by atoms with Crippen LogP contribution in [0.5, 0.6) is 0 Å². The molecular formula is C17H22N2O. The number of carbonyl (C=O) groups excluding carboxylic acids is 1. The Bertz CT molecular complexity index is 581. The maximum atomic E-state index is 12.4. The van der Waals surface area contributed by atoms with Crippen LogP contribution in [0.15, 0.2) is 30.3 Å². The predicted molar refractivity (Wildman–Crippen MR) is 81.4 cm³/mol. The van der Waals surface area contributed by atoms with Crippen molar-refractivity contribution in [3.63, 3.8) is 0 Å². The highest BCUT2D eigenvalue weighted by atomic mass is 16.2. The number of carbonyl (C=O) groups is 1. The molecule has 0 radical (unpaired) electrons. The summed E-state index contributed by atoms with van der Waals surface area (Å²) in [6.07, 6.45) is 3.38. The van der Waals surface area contributed by atoms with Gasteiger partial charge >= 0.3 is 0 Å². The van der Waals surface area contributed by atoms with Gasteiger partial charge in [-0.3, -0.25) is 4.79 Å². The third-order valence-corrected chi connectivity index (χ3v) is 4.19. The summed E-state index contributed by atoms with van der Waals surface area (Å²) < 4.78 is 0. The van der Waals surface area contributed by atoms with Crippen molar-refractivity contribution in [2.75, 3.05) is 6.54 Å². The lowest BCUT2D eigenvalue weighted by Crippen LogP contribution is -2.40. The fraction of sp³-hybridized carbons (Fsp3) is 0.471. The molecule has 20 heavy (non-hydrogen) atoms. The first-order chi connectivity index (χ1) is 9.66. The van der Waals surface area contributed by atoms with Crippen molar-refractivity contribution in [3.05, 3.63) is 36.0 Å². The Morgan fingerprint density at radius 2 is 2.10 bits per heavy atom. The highest BCUT2D eigenvalue weighted by Crippen LogP contribution is 2.33. The Morgan fingerprint density at radius 3 is 2.85 bits per heavy atom. The summed E-state index contributed by atoms with van der Waals surface area (Å²) in [7, 11) is 0. The van der Waals surface area contributed by atoms with E-state index in [1.165, 1.54) is 17.5 Å². The van der Waals surface area contributed by atoms with Gasteiger partial charge in [0.2, 0.25) is 5.91 Å². The number of piperidine rings is 1. The molecule has 1 amide bonds. The number of benzene rings is 1. The fourth-order valence-corrected chi connectivity index (χ4v) is 3.13. The van der Waals surface area contributed by atoms with Crippen molar-refractivity contribution in [1.29, 1.82) is 0 Å². The number of likely N-dealkylation sites (tertiary alicyclic amines) is 1. The van der Waals surface area contributed by atoms with Crippen molar-refractivity contribution in [1.82, 2.24) is 9.88 Å². The molecule has 0 saturated carbocycles. The summed E-state index contributed by atoms with van der Waals surface area (Å²) in [5, 5.41) is 1.23. The summed E-state index contributed by atoms with van der Waals surface area (Å²) in [5.41, 5.74) is 2.34. The lowest BCUT2D eigenvalue weighted by Gasteiger charge is -2.36. The number of aromatic amines is 1. The summed E-state index contributed by atoms with van der Waals surface area (Å²) in [4.78, 5) is 18.0. The summed E-state index contributed by atoms with van der Waals surface area (Å²) >= 11 is 0. The van der Waals surface area contributed by atoms with E-state index in [0.717, 1.165) is 24.9 Å². The minimum atomic E-state index is 0.0694. The van der Waals surface area contributed by atoms with Gasteiger partial charge in [-0.15, -0.1) is 0 Å². The minimum absolute atomic E-state index is 0.0694. The van der Waals surface area contributed by atoms with E-state index in [4.69, 9.17) is 0 Å². The van der Waals surface area contributed by atoms with E-state index in [1.54, 1.807) is 0 Å². The van der Waals surface area contributed by atoms with E-state index >= 15 is 0 Å². The van der Waals surface area contributed by atoms with Gasteiger partial charge in [-0.1, -0.05) is 32.0 Å². The number of hydrogen-bond acceptors (Lipinski definition) is 1. The first kappa shape index (κ1) is 13.2. The van der Waals surface area contributed by atoms with Gasteiger partial charge in [-0.2, -0.15) is 0 Å². The number of nitrogens with one attached hydrogen (secondary N) is 1. The number of para-hydroxylation sites is 1. The normalized spacial score (nSPS) is 19.8. The Labute approximate surface area is 120 Å². The second kappa shape index (κ2) is 5.31. The smallest absolute Gasteiger partial charge is 0.225 e. The molecule has 1 aliphatic rings. The first-order valence-corrected chi connectivity index (χ1v) is 7.55. The molecule has 0 spiro atoms. The minimum Gasteiger partial charge on any atom is -0.357 e. The molecule has 1 atom stereocenters. The van der Waals surface area contributed by atoms with Crippen LogP contribution in [-0.2, 0) is 4.79 Å². The van der Waals surface area contributed by atoms with Gasteiger partial charge in [0, 0.05) is 23.7 Å². The first-order valence-electron chi connectivity index (χ1n) is 7.55. The monoisotopic (exact) mass is 270 g/mol. The zero-order valence-corrected chi connectivity index (χ0v) is 12.2. The van der Waals surface area contributed by atoms with Gasteiger partial charge < -0.3 is 9.88 Å². The van der Waals surface area contributed by atoms with Crippen LogP contribution in [0, 0.1) is 5.92 Å². The molecule has 1 fully saturated rings. The van der Waals surface area contributed by atoms with E-state index in [1.807, 2.05) is 19.9 Å². The summed E-state index contributed by atoms with van der Waals surface area (Å²) in [6, 6.07) is 10.7. The number of aromatic nitrogens is 1. The second-order valence-corrected chi connectivity index (χ2v) is 6.01. The van der Waals surface area contributed by atoms with Crippen molar-refractivity contribution in [2.45, 2.75) is 39.2 Å². The van der Waals surface area contributed by atoms with Crippen molar-refractivity contribution in [3.8, 4) is 0 Å². The molecule has 1 unspecified atom stereocenters. The molecule has 0 aliphatic carbocycles. The van der Waals surface area contributed by atoms with Gasteiger partial charge in [-0.25, -0.2) is 0 Å².